The Morgan fingerprint density at radius 1 is 0.646 bits per heavy atom. The third-order valence-corrected chi connectivity index (χ3v) is 8.07. The number of rotatable bonds is 19. The summed E-state index contributed by atoms with van der Waals surface area (Å²) in [7, 11) is 5.86. The van der Waals surface area contributed by atoms with Crippen molar-refractivity contribution in [3.05, 3.63) is 12.3 Å². The molecule has 0 aromatic heterocycles. The van der Waals surface area contributed by atoms with Gasteiger partial charge in [0.15, 0.2) is 0 Å². The van der Waals surface area contributed by atoms with Crippen molar-refractivity contribution in [1.82, 2.24) is 36.0 Å². The van der Waals surface area contributed by atoms with E-state index in [0.717, 1.165) is 0 Å². The van der Waals surface area contributed by atoms with Crippen LogP contribution in [0.4, 0.5) is 0 Å². The number of carbonyl (C=O) groups excluding carboxylic acids is 7. The minimum absolute atomic E-state index is 0.00255. The maximum Gasteiger partial charge on any atom is 0.270 e. The van der Waals surface area contributed by atoms with E-state index in [0.29, 0.717) is 6.42 Å². The summed E-state index contributed by atoms with van der Waals surface area (Å²) in [5.41, 5.74) is -0.0673. The molecule has 0 aliphatic rings. The van der Waals surface area contributed by atoms with Crippen molar-refractivity contribution < 1.29 is 33.6 Å². The molecule has 0 bridgehead atoms. The van der Waals surface area contributed by atoms with Gasteiger partial charge >= 0.3 is 0 Å². The predicted octanol–water partition coefficient (Wildman–Crippen LogP) is 1.40. The van der Waals surface area contributed by atoms with Gasteiger partial charge in [0.05, 0.1) is 0 Å². The second-order valence-corrected chi connectivity index (χ2v) is 13.6. The van der Waals surface area contributed by atoms with E-state index in [9.17, 15) is 33.6 Å². The molecule has 0 aliphatic carbocycles. The van der Waals surface area contributed by atoms with Gasteiger partial charge in [-0.05, 0) is 50.9 Å². The van der Waals surface area contributed by atoms with E-state index in [1.54, 1.807) is 13.8 Å². The van der Waals surface area contributed by atoms with Gasteiger partial charge in [0.1, 0.15) is 35.9 Å². The molecule has 0 fully saturated rings. The SMILES string of the molecule is C=C(C(=O)N(C)[C@@H](CC(C)C)C(=O)N[C@H](C(=O)N(C)[C@@H](CC(C)C)C(=O)N[C@@H](C)C(=O)N[C@@H](C)C(=O)NC)C(C)C)N(C)C(=O)CCC. The quantitative estimate of drug-likeness (QED) is 0.149. The lowest BCUT2D eigenvalue weighted by Crippen LogP contribution is -2.60. The number of nitrogens with one attached hydrogen (secondary N) is 4. The molecule has 0 aromatic carbocycles. The maximum atomic E-state index is 14.0. The number of nitrogens with zero attached hydrogens (tertiary/aromatic N) is 3. The van der Waals surface area contributed by atoms with Crippen LogP contribution < -0.4 is 21.3 Å². The lowest BCUT2D eigenvalue weighted by molar-refractivity contribution is -0.145. The van der Waals surface area contributed by atoms with Crippen LogP contribution >= 0.6 is 0 Å². The molecular weight excluding hydrogens is 618 g/mol. The first-order chi connectivity index (χ1) is 22.1. The molecule has 0 radical (unpaired) electrons. The topological polar surface area (TPSA) is 177 Å². The summed E-state index contributed by atoms with van der Waals surface area (Å²) in [5.74, 6) is -3.86. The molecule has 0 saturated carbocycles. The molecule has 14 heteroatoms. The number of hydrogen-bond donors (Lipinski definition) is 4. The van der Waals surface area contributed by atoms with E-state index in [4.69, 9.17) is 0 Å². The zero-order valence-electron chi connectivity index (χ0n) is 31.4. The summed E-state index contributed by atoms with van der Waals surface area (Å²) < 4.78 is 0. The average molecular weight is 680 g/mol. The molecule has 48 heavy (non-hydrogen) atoms. The second-order valence-electron chi connectivity index (χ2n) is 13.6. The summed E-state index contributed by atoms with van der Waals surface area (Å²) in [4.78, 5) is 95.3. The first-order valence-electron chi connectivity index (χ1n) is 16.7. The molecule has 0 spiro atoms. The summed E-state index contributed by atoms with van der Waals surface area (Å²) in [6, 6.07) is -4.81. The smallest absolute Gasteiger partial charge is 0.270 e. The lowest BCUT2D eigenvalue weighted by atomic mass is 9.96. The monoisotopic (exact) mass is 679 g/mol. The van der Waals surface area contributed by atoms with E-state index in [1.165, 1.54) is 56.7 Å². The molecule has 0 unspecified atom stereocenters. The van der Waals surface area contributed by atoms with Crippen molar-refractivity contribution >= 4 is 41.4 Å². The number of likely N-dealkylation sites (N-methyl/N-ethyl adjacent to an activating group) is 4. The minimum Gasteiger partial charge on any atom is -0.357 e. The second kappa shape index (κ2) is 20.4. The highest BCUT2D eigenvalue weighted by Crippen LogP contribution is 2.18. The Morgan fingerprint density at radius 2 is 1.08 bits per heavy atom. The van der Waals surface area contributed by atoms with Gasteiger partial charge < -0.3 is 36.0 Å². The molecule has 4 N–H and O–H groups in total. The number of carbonyl (C=O) groups is 7. The first-order valence-corrected chi connectivity index (χ1v) is 16.7. The lowest BCUT2D eigenvalue weighted by Gasteiger charge is -2.35. The maximum absolute atomic E-state index is 14.0. The Morgan fingerprint density at radius 3 is 1.52 bits per heavy atom. The van der Waals surface area contributed by atoms with Crippen LogP contribution in [-0.4, -0.2) is 114 Å². The first kappa shape index (κ1) is 44.0. The Kier molecular flexibility index (Phi) is 18.7. The largest absolute Gasteiger partial charge is 0.357 e. The zero-order chi connectivity index (χ0) is 37.6. The van der Waals surface area contributed by atoms with Crippen molar-refractivity contribution in [3.63, 3.8) is 0 Å². The van der Waals surface area contributed by atoms with Gasteiger partial charge in [-0.25, -0.2) is 0 Å². The fourth-order valence-electron chi connectivity index (χ4n) is 4.93. The van der Waals surface area contributed by atoms with Crippen LogP contribution in [0.2, 0.25) is 0 Å². The summed E-state index contributed by atoms with van der Waals surface area (Å²) in [5, 5.41) is 10.5. The van der Waals surface area contributed by atoms with Gasteiger partial charge in [0.2, 0.25) is 35.4 Å². The Balaban J connectivity index is 6.14. The summed E-state index contributed by atoms with van der Waals surface area (Å²) in [6.45, 7) is 19.8. The Hall–Kier alpha value is -3.97. The van der Waals surface area contributed by atoms with Crippen LogP contribution in [0.25, 0.3) is 0 Å². The van der Waals surface area contributed by atoms with E-state index in [-0.39, 0.29) is 42.7 Å². The van der Waals surface area contributed by atoms with Gasteiger partial charge in [-0.15, -0.1) is 0 Å². The van der Waals surface area contributed by atoms with Gasteiger partial charge in [-0.2, -0.15) is 0 Å². The van der Waals surface area contributed by atoms with Crippen molar-refractivity contribution in [2.24, 2.45) is 17.8 Å². The molecular formula is C34H61N7O7. The van der Waals surface area contributed by atoms with Crippen LogP contribution in [0.3, 0.4) is 0 Å². The summed E-state index contributed by atoms with van der Waals surface area (Å²) >= 11 is 0. The van der Waals surface area contributed by atoms with Gasteiger partial charge in [0.25, 0.3) is 5.91 Å². The van der Waals surface area contributed by atoms with E-state index in [2.05, 4.69) is 27.8 Å². The Labute approximate surface area is 287 Å². The van der Waals surface area contributed by atoms with Crippen LogP contribution in [0.5, 0.6) is 0 Å². The van der Waals surface area contributed by atoms with Crippen LogP contribution in [-0.2, 0) is 33.6 Å². The predicted molar refractivity (Wildman–Crippen MR) is 185 cm³/mol. The molecule has 5 atom stereocenters. The molecule has 0 heterocycles. The highest BCUT2D eigenvalue weighted by molar-refractivity contribution is 6.00. The molecule has 14 nitrogen and oxygen atoms in total. The van der Waals surface area contributed by atoms with Crippen molar-refractivity contribution in [2.75, 3.05) is 28.2 Å². The highest BCUT2D eigenvalue weighted by Gasteiger charge is 2.38. The number of hydrogen-bond acceptors (Lipinski definition) is 7. The van der Waals surface area contributed by atoms with Gasteiger partial charge in [-0.3, -0.25) is 33.6 Å². The molecule has 0 rings (SSSR count). The average Bonchev–Trinajstić information content (AvgIpc) is 3.01. The standard InChI is InChI=1S/C34H61N7O7/c1-15-16-27(42)39(12)24(10)33(47)40(13)26(18-20(4)5)32(46)38-28(21(6)7)34(48)41(14)25(17-19(2)3)31(45)37-23(9)30(44)36-22(8)29(43)35-11/h19-23,25-26,28H,10,15-18H2,1-9,11-14H3,(H,35,43)(H,36,44)(H,37,45)(H,38,46)/t22-,23-,25-,26-,28-/m0/s1. The van der Waals surface area contributed by atoms with Crippen LogP contribution in [0.1, 0.15) is 88.0 Å². The van der Waals surface area contributed by atoms with Crippen molar-refractivity contribution in [3.8, 4) is 0 Å². The summed E-state index contributed by atoms with van der Waals surface area (Å²) in [6.07, 6.45) is 1.40. The number of amides is 7. The highest BCUT2D eigenvalue weighted by atomic mass is 16.2. The molecule has 0 saturated heterocycles. The van der Waals surface area contributed by atoms with Crippen molar-refractivity contribution in [2.45, 2.75) is 118 Å². The van der Waals surface area contributed by atoms with E-state index in [1.807, 2.05) is 34.6 Å². The van der Waals surface area contributed by atoms with E-state index < -0.39 is 71.6 Å². The van der Waals surface area contributed by atoms with Crippen molar-refractivity contribution in [1.29, 1.82) is 0 Å². The minimum atomic E-state index is -1.05. The van der Waals surface area contributed by atoms with Gasteiger partial charge in [-0.1, -0.05) is 55.0 Å². The normalized spacial score (nSPS) is 14.2. The van der Waals surface area contributed by atoms with Crippen LogP contribution in [0.15, 0.2) is 12.3 Å². The third-order valence-electron chi connectivity index (χ3n) is 8.07. The molecule has 0 aromatic rings. The fourth-order valence-corrected chi connectivity index (χ4v) is 4.93. The molecule has 0 aliphatic heterocycles. The zero-order valence-corrected chi connectivity index (χ0v) is 31.4. The molecule has 7 amide bonds. The van der Waals surface area contributed by atoms with Gasteiger partial charge in [0, 0.05) is 34.6 Å². The fraction of sp³-hybridized carbons (Fsp3) is 0.735. The van der Waals surface area contributed by atoms with E-state index >= 15 is 0 Å². The Bertz CT molecular complexity index is 1170. The molecule has 274 valence electrons. The third kappa shape index (κ3) is 13.3. The van der Waals surface area contributed by atoms with Crippen LogP contribution in [0, 0.1) is 17.8 Å².